The number of fused-ring (bicyclic) bond motifs is 2. The molecule has 0 atom stereocenters. The molecule has 1 aliphatic carbocycles. The third-order valence-electron chi connectivity index (χ3n) is 5.33. The third-order valence-corrected chi connectivity index (χ3v) is 6.18. The average Bonchev–Trinajstić information content (AvgIpc) is 3.45. The van der Waals surface area contributed by atoms with Crippen molar-refractivity contribution in [3.63, 3.8) is 0 Å². The van der Waals surface area contributed by atoms with Crippen LogP contribution in [0, 0.1) is 0 Å². The Balaban J connectivity index is 0.000000199. The van der Waals surface area contributed by atoms with Gasteiger partial charge >= 0.3 is 0 Å². The van der Waals surface area contributed by atoms with E-state index in [2.05, 4.69) is 39.2 Å². The number of hydrogen-bond donors (Lipinski definition) is 1. The van der Waals surface area contributed by atoms with Crippen molar-refractivity contribution in [3.05, 3.63) is 96.4 Å². The number of ether oxygens (including phenoxy) is 1. The molecule has 158 valence electrons. The van der Waals surface area contributed by atoms with E-state index < -0.39 is 0 Å². The number of hydrogen-bond acceptors (Lipinski definition) is 6. The molecule has 32 heavy (non-hydrogen) atoms. The number of nitrogens with two attached hydrogens (primary N) is 1. The first-order valence-electron chi connectivity index (χ1n) is 10.5. The summed E-state index contributed by atoms with van der Waals surface area (Å²) in [5.74, 6) is 1.47. The van der Waals surface area contributed by atoms with Gasteiger partial charge in [0.05, 0.1) is 15.9 Å². The monoisotopic (exact) mass is 438 g/mol. The molecular weight excluding hydrogens is 416 g/mol. The molecule has 0 amide bonds. The van der Waals surface area contributed by atoms with E-state index in [1.807, 2.05) is 42.5 Å². The Bertz CT molecular complexity index is 1330. The van der Waals surface area contributed by atoms with Crippen LogP contribution in [0.1, 0.15) is 17.5 Å². The summed E-state index contributed by atoms with van der Waals surface area (Å²) >= 11 is 1.44. The van der Waals surface area contributed by atoms with Gasteiger partial charge in [0.15, 0.2) is 5.13 Å². The second kappa shape index (κ2) is 9.16. The van der Waals surface area contributed by atoms with E-state index in [1.165, 1.54) is 30.6 Å². The quantitative estimate of drug-likeness (QED) is 0.358. The summed E-state index contributed by atoms with van der Waals surface area (Å²) < 4.78 is 6.94. The Kier molecular flexibility index (Phi) is 5.77. The van der Waals surface area contributed by atoms with Crippen molar-refractivity contribution < 1.29 is 4.74 Å². The lowest BCUT2D eigenvalue weighted by molar-refractivity contribution is 0.483. The fraction of sp³-hybridized carbons (Fsp3) is 0.115. The van der Waals surface area contributed by atoms with Crippen molar-refractivity contribution in [2.45, 2.75) is 19.3 Å². The lowest BCUT2D eigenvalue weighted by atomic mass is 10.1. The summed E-state index contributed by atoms with van der Waals surface area (Å²) in [5.41, 5.74) is 11.6. The van der Waals surface area contributed by atoms with E-state index in [9.17, 15) is 0 Å². The van der Waals surface area contributed by atoms with Crippen molar-refractivity contribution >= 4 is 26.7 Å². The van der Waals surface area contributed by atoms with E-state index in [4.69, 9.17) is 10.5 Å². The Morgan fingerprint density at radius 1 is 0.812 bits per heavy atom. The molecule has 0 aliphatic heterocycles. The number of pyridine rings is 2. The lowest BCUT2D eigenvalue weighted by Crippen LogP contribution is -1.88. The van der Waals surface area contributed by atoms with Gasteiger partial charge in [-0.05, 0) is 60.7 Å². The highest BCUT2D eigenvalue weighted by Crippen LogP contribution is 2.31. The molecule has 0 spiro atoms. The fourth-order valence-corrected chi connectivity index (χ4v) is 4.55. The van der Waals surface area contributed by atoms with Gasteiger partial charge in [-0.25, -0.2) is 4.98 Å². The molecule has 0 fully saturated rings. The Morgan fingerprint density at radius 2 is 1.56 bits per heavy atom. The number of benzene rings is 2. The van der Waals surface area contributed by atoms with Crippen molar-refractivity contribution in [2.75, 3.05) is 5.73 Å². The van der Waals surface area contributed by atoms with Crippen molar-refractivity contribution in [3.8, 4) is 22.8 Å². The lowest BCUT2D eigenvalue weighted by Gasteiger charge is -2.07. The van der Waals surface area contributed by atoms with Gasteiger partial charge in [-0.2, -0.15) is 0 Å². The van der Waals surface area contributed by atoms with Crippen molar-refractivity contribution in [2.24, 2.45) is 0 Å². The minimum atomic E-state index is 0.557. The molecule has 0 radical (unpaired) electrons. The molecule has 5 nitrogen and oxygen atoms in total. The Hall–Kier alpha value is -3.77. The molecule has 1 aliphatic rings. The van der Waals surface area contributed by atoms with Gasteiger partial charge in [0.2, 0.25) is 0 Å². The van der Waals surface area contributed by atoms with E-state index in [0.29, 0.717) is 5.13 Å². The van der Waals surface area contributed by atoms with Gasteiger partial charge in [-0.3, -0.25) is 9.97 Å². The Labute approximate surface area is 190 Å². The number of thiazole rings is 1. The summed E-state index contributed by atoms with van der Waals surface area (Å²) in [6.45, 7) is 0. The SMILES string of the molecule is Nc1nc2ccc(Oc3ccnc(-c4ccncc4)c3)cc2s1.c1ccc2c(c1)CCC2. The number of nitrogen functional groups attached to an aromatic ring is 1. The smallest absolute Gasteiger partial charge is 0.181 e. The summed E-state index contributed by atoms with van der Waals surface area (Å²) in [6.07, 6.45) is 9.18. The molecular formula is C26H22N4OS. The van der Waals surface area contributed by atoms with Crippen LogP contribution in [-0.2, 0) is 12.8 Å². The van der Waals surface area contributed by atoms with Crippen LogP contribution in [0.4, 0.5) is 5.13 Å². The standard InChI is InChI=1S/C17H12N4OS.C9H10/c18-17-21-14-2-1-12(10-16(14)23-17)22-13-5-8-20-15(9-13)11-3-6-19-7-4-11;1-2-5-9-7-3-6-8(9)4-1/h1-10H,(H2,18,21);1-2,4-5H,3,6-7H2. The minimum absolute atomic E-state index is 0.557. The first-order chi connectivity index (χ1) is 15.7. The fourth-order valence-electron chi connectivity index (χ4n) is 3.79. The summed E-state index contributed by atoms with van der Waals surface area (Å²) in [4.78, 5) is 12.6. The number of aromatic nitrogens is 3. The van der Waals surface area contributed by atoms with Crippen LogP contribution in [-0.4, -0.2) is 15.0 Å². The van der Waals surface area contributed by atoms with Crippen LogP contribution in [0.5, 0.6) is 11.5 Å². The highest BCUT2D eigenvalue weighted by atomic mass is 32.1. The molecule has 2 aromatic carbocycles. The van der Waals surface area contributed by atoms with Gasteiger partial charge in [0.1, 0.15) is 11.5 Å². The van der Waals surface area contributed by atoms with Gasteiger partial charge < -0.3 is 10.5 Å². The zero-order chi connectivity index (χ0) is 21.8. The first kappa shape index (κ1) is 20.2. The van der Waals surface area contributed by atoms with Crippen LogP contribution >= 0.6 is 11.3 Å². The van der Waals surface area contributed by atoms with Crippen molar-refractivity contribution in [1.82, 2.24) is 15.0 Å². The third kappa shape index (κ3) is 4.60. The molecule has 3 heterocycles. The zero-order valence-corrected chi connectivity index (χ0v) is 18.3. The summed E-state index contributed by atoms with van der Waals surface area (Å²) in [6, 6.07) is 22.0. The minimum Gasteiger partial charge on any atom is -0.457 e. The van der Waals surface area contributed by atoms with Crippen LogP contribution in [0.3, 0.4) is 0 Å². The molecule has 5 aromatic rings. The largest absolute Gasteiger partial charge is 0.457 e. The zero-order valence-electron chi connectivity index (χ0n) is 17.4. The average molecular weight is 439 g/mol. The van der Waals surface area contributed by atoms with Crippen LogP contribution in [0.25, 0.3) is 21.5 Å². The van der Waals surface area contributed by atoms with Gasteiger partial charge in [-0.1, -0.05) is 35.6 Å². The normalized spacial score (nSPS) is 12.1. The topological polar surface area (TPSA) is 73.9 Å². The van der Waals surface area contributed by atoms with Gasteiger partial charge in [0.25, 0.3) is 0 Å². The van der Waals surface area contributed by atoms with Gasteiger partial charge in [0, 0.05) is 36.3 Å². The summed E-state index contributed by atoms with van der Waals surface area (Å²) in [5, 5.41) is 0.557. The van der Waals surface area contributed by atoms with E-state index in [1.54, 1.807) is 29.7 Å². The van der Waals surface area contributed by atoms with E-state index in [0.717, 1.165) is 33.0 Å². The molecule has 6 rings (SSSR count). The predicted molar refractivity (Wildman–Crippen MR) is 130 cm³/mol. The maximum absolute atomic E-state index is 5.94. The van der Waals surface area contributed by atoms with Crippen LogP contribution in [0.15, 0.2) is 85.3 Å². The maximum atomic E-state index is 5.94. The van der Waals surface area contributed by atoms with Crippen LogP contribution < -0.4 is 10.5 Å². The maximum Gasteiger partial charge on any atom is 0.181 e. The molecule has 3 aromatic heterocycles. The molecule has 0 saturated heterocycles. The van der Waals surface area contributed by atoms with E-state index >= 15 is 0 Å². The highest BCUT2D eigenvalue weighted by molar-refractivity contribution is 7.22. The second-order valence-corrected chi connectivity index (χ2v) is 8.58. The molecule has 6 heteroatoms. The first-order valence-corrected chi connectivity index (χ1v) is 11.3. The summed E-state index contributed by atoms with van der Waals surface area (Å²) in [7, 11) is 0. The predicted octanol–water partition coefficient (Wildman–Crippen LogP) is 6.30. The second-order valence-electron chi connectivity index (χ2n) is 7.52. The number of nitrogens with zero attached hydrogens (tertiary/aromatic N) is 3. The molecule has 0 saturated carbocycles. The highest BCUT2D eigenvalue weighted by Gasteiger charge is 2.07. The van der Waals surface area contributed by atoms with Gasteiger partial charge in [-0.15, -0.1) is 0 Å². The molecule has 0 unspecified atom stereocenters. The number of anilines is 1. The number of aryl methyl sites for hydroxylation is 2. The molecule has 0 bridgehead atoms. The van der Waals surface area contributed by atoms with Crippen LogP contribution in [0.2, 0.25) is 0 Å². The number of rotatable bonds is 3. The molecule has 2 N–H and O–H groups in total. The van der Waals surface area contributed by atoms with E-state index in [-0.39, 0.29) is 0 Å². The van der Waals surface area contributed by atoms with Crippen molar-refractivity contribution in [1.29, 1.82) is 0 Å². The Morgan fingerprint density at radius 3 is 2.34 bits per heavy atom.